The first-order chi connectivity index (χ1) is 10.3. The summed E-state index contributed by atoms with van der Waals surface area (Å²) in [6.45, 7) is 2.68. The summed E-state index contributed by atoms with van der Waals surface area (Å²) in [5, 5.41) is 0. The molecular formula is C17H23ClN2O. The van der Waals surface area contributed by atoms with Gasteiger partial charge in [0.05, 0.1) is 12.1 Å². The second-order valence-corrected chi connectivity index (χ2v) is 6.06. The van der Waals surface area contributed by atoms with Crippen LogP contribution in [0.15, 0.2) is 18.2 Å². The Bertz CT molecular complexity index is 602. The average molecular weight is 307 g/mol. The summed E-state index contributed by atoms with van der Waals surface area (Å²) >= 11 is 5.99. The van der Waals surface area contributed by atoms with Crippen LogP contribution in [-0.2, 0) is 6.42 Å². The van der Waals surface area contributed by atoms with Crippen LogP contribution in [0.3, 0.4) is 0 Å². The number of rotatable bonds is 5. The van der Waals surface area contributed by atoms with Gasteiger partial charge in [-0.3, -0.25) is 0 Å². The van der Waals surface area contributed by atoms with Crippen LogP contribution in [0.4, 0.5) is 0 Å². The van der Waals surface area contributed by atoms with Gasteiger partial charge in [0.15, 0.2) is 0 Å². The number of halogens is 1. The zero-order valence-electron chi connectivity index (χ0n) is 12.6. The molecular weight excluding hydrogens is 284 g/mol. The van der Waals surface area contributed by atoms with Gasteiger partial charge in [0.2, 0.25) is 0 Å². The van der Waals surface area contributed by atoms with Gasteiger partial charge in [-0.05, 0) is 31.9 Å². The lowest BCUT2D eigenvalue weighted by atomic mass is 9.95. The minimum Gasteiger partial charge on any atom is -0.492 e. The molecule has 1 aliphatic rings. The van der Waals surface area contributed by atoms with Gasteiger partial charge in [-0.25, -0.2) is 4.98 Å². The molecule has 0 aliphatic heterocycles. The fourth-order valence-electron chi connectivity index (χ4n) is 3.42. The molecule has 3 rings (SSSR count). The highest BCUT2D eigenvalue weighted by molar-refractivity contribution is 6.17. The van der Waals surface area contributed by atoms with Gasteiger partial charge in [0.25, 0.3) is 0 Å². The number of fused-ring (bicyclic) bond motifs is 1. The number of hydrogen-bond donors (Lipinski definition) is 0. The summed E-state index contributed by atoms with van der Waals surface area (Å²) in [5.41, 5.74) is 2.19. The van der Waals surface area contributed by atoms with E-state index in [-0.39, 0.29) is 0 Å². The third kappa shape index (κ3) is 2.89. The molecule has 1 saturated carbocycles. The van der Waals surface area contributed by atoms with Crippen LogP contribution in [0.25, 0.3) is 11.0 Å². The Labute approximate surface area is 131 Å². The minimum atomic E-state index is 0.568. The Hall–Kier alpha value is -1.22. The first-order valence-corrected chi connectivity index (χ1v) is 8.57. The topological polar surface area (TPSA) is 27.1 Å². The first kappa shape index (κ1) is 14.7. The van der Waals surface area contributed by atoms with Crippen molar-refractivity contribution in [3.8, 4) is 5.75 Å². The number of nitrogens with zero attached hydrogens (tertiary/aromatic N) is 2. The zero-order valence-corrected chi connectivity index (χ0v) is 13.4. The highest BCUT2D eigenvalue weighted by Crippen LogP contribution is 2.35. The smallest absolute Gasteiger partial charge is 0.147 e. The second-order valence-electron chi connectivity index (χ2n) is 5.69. The van der Waals surface area contributed by atoms with E-state index in [1.54, 1.807) is 0 Å². The number of aromatic nitrogens is 2. The molecule has 114 valence electrons. The van der Waals surface area contributed by atoms with Gasteiger partial charge < -0.3 is 9.30 Å². The maximum atomic E-state index is 5.99. The number of aryl methyl sites for hydroxylation is 1. The number of imidazole rings is 1. The molecule has 1 fully saturated rings. The normalized spacial score (nSPS) is 16.5. The molecule has 2 aromatic rings. The molecule has 1 aromatic heterocycles. The standard InChI is InChI=1S/C17H23ClN2O/c1-2-21-15-10-6-9-14-17(15)19-16(11-12-18)20(14)13-7-4-3-5-8-13/h6,9-10,13H,2-5,7-8,11-12H2,1H3. The summed E-state index contributed by atoms with van der Waals surface area (Å²) < 4.78 is 8.17. The van der Waals surface area contributed by atoms with Crippen molar-refractivity contribution in [2.45, 2.75) is 51.5 Å². The van der Waals surface area contributed by atoms with E-state index < -0.39 is 0 Å². The number of para-hydroxylation sites is 1. The van der Waals surface area contributed by atoms with Gasteiger partial charge in [-0.2, -0.15) is 0 Å². The van der Waals surface area contributed by atoms with Crippen molar-refractivity contribution >= 4 is 22.6 Å². The van der Waals surface area contributed by atoms with E-state index >= 15 is 0 Å². The van der Waals surface area contributed by atoms with E-state index in [0.717, 1.165) is 23.5 Å². The Morgan fingerprint density at radius 1 is 1.29 bits per heavy atom. The number of hydrogen-bond acceptors (Lipinski definition) is 2. The third-order valence-electron chi connectivity index (χ3n) is 4.31. The molecule has 0 atom stereocenters. The lowest BCUT2D eigenvalue weighted by Gasteiger charge is -2.25. The molecule has 0 amide bonds. The van der Waals surface area contributed by atoms with Crippen LogP contribution in [0.5, 0.6) is 5.75 Å². The molecule has 0 saturated heterocycles. The van der Waals surface area contributed by atoms with Gasteiger partial charge in [0, 0.05) is 18.3 Å². The predicted molar refractivity (Wildman–Crippen MR) is 87.4 cm³/mol. The molecule has 3 nitrogen and oxygen atoms in total. The monoisotopic (exact) mass is 306 g/mol. The van der Waals surface area contributed by atoms with E-state index in [0.29, 0.717) is 18.5 Å². The maximum Gasteiger partial charge on any atom is 0.147 e. The highest BCUT2D eigenvalue weighted by atomic mass is 35.5. The summed E-state index contributed by atoms with van der Waals surface area (Å²) in [6, 6.07) is 6.81. The van der Waals surface area contributed by atoms with Gasteiger partial charge in [-0.1, -0.05) is 25.3 Å². The third-order valence-corrected chi connectivity index (χ3v) is 4.50. The van der Waals surface area contributed by atoms with Crippen molar-refractivity contribution in [3.05, 3.63) is 24.0 Å². The Morgan fingerprint density at radius 2 is 2.10 bits per heavy atom. The molecule has 1 heterocycles. The molecule has 1 aromatic carbocycles. The van der Waals surface area contributed by atoms with E-state index in [2.05, 4.69) is 16.7 Å². The number of ether oxygens (including phenoxy) is 1. The zero-order chi connectivity index (χ0) is 14.7. The lowest BCUT2D eigenvalue weighted by molar-refractivity contribution is 0.343. The lowest BCUT2D eigenvalue weighted by Crippen LogP contribution is -2.15. The van der Waals surface area contributed by atoms with Gasteiger partial charge in [-0.15, -0.1) is 11.6 Å². The molecule has 0 N–H and O–H groups in total. The summed E-state index contributed by atoms with van der Waals surface area (Å²) in [7, 11) is 0. The van der Waals surface area contributed by atoms with Crippen LogP contribution in [0.1, 0.15) is 50.9 Å². The Balaban J connectivity index is 2.10. The van der Waals surface area contributed by atoms with Crippen molar-refractivity contribution in [3.63, 3.8) is 0 Å². The average Bonchev–Trinajstić information content (AvgIpc) is 2.88. The van der Waals surface area contributed by atoms with Crippen LogP contribution >= 0.6 is 11.6 Å². The molecule has 4 heteroatoms. The predicted octanol–water partition coefficient (Wildman–Crippen LogP) is 4.72. The fourth-order valence-corrected chi connectivity index (χ4v) is 3.59. The molecule has 0 bridgehead atoms. The van der Waals surface area contributed by atoms with Gasteiger partial charge >= 0.3 is 0 Å². The Kier molecular flexibility index (Phi) is 4.69. The highest BCUT2D eigenvalue weighted by Gasteiger charge is 2.22. The molecule has 0 unspecified atom stereocenters. The SMILES string of the molecule is CCOc1cccc2c1nc(CCCl)n2C1CCCCC1. The van der Waals surface area contributed by atoms with Gasteiger partial charge in [0.1, 0.15) is 17.1 Å². The summed E-state index contributed by atoms with van der Waals surface area (Å²) in [5.74, 6) is 2.61. The van der Waals surface area contributed by atoms with Crippen LogP contribution in [0, 0.1) is 0 Å². The molecule has 0 radical (unpaired) electrons. The number of benzene rings is 1. The molecule has 1 aliphatic carbocycles. The van der Waals surface area contributed by atoms with E-state index in [4.69, 9.17) is 21.3 Å². The van der Waals surface area contributed by atoms with Crippen molar-refractivity contribution in [2.24, 2.45) is 0 Å². The van der Waals surface area contributed by atoms with E-state index in [9.17, 15) is 0 Å². The van der Waals surface area contributed by atoms with Crippen LogP contribution < -0.4 is 4.74 Å². The summed E-state index contributed by atoms with van der Waals surface area (Å²) in [4.78, 5) is 4.85. The van der Waals surface area contributed by atoms with Crippen molar-refractivity contribution in [1.29, 1.82) is 0 Å². The first-order valence-electron chi connectivity index (χ1n) is 8.03. The minimum absolute atomic E-state index is 0.568. The van der Waals surface area contributed by atoms with Crippen LogP contribution in [0.2, 0.25) is 0 Å². The van der Waals surface area contributed by atoms with Crippen molar-refractivity contribution in [1.82, 2.24) is 9.55 Å². The largest absolute Gasteiger partial charge is 0.492 e. The fraction of sp³-hybridized carbons (Fsp3) is 0.588. The molecule has 21 heavy (non-hydrogen) atoms. The quantitative estimate of drug-likeness (QED) is 0.747. The molecule has 0 spiro atoms. The van der Waals surface area contributed by atoms with Crippen LogP contribution in [-0.4, -0.2) is 22.0 Å². The van der Waals surface area contributed by atoms with E-state index in [1.165, 1.54) is 37.6 Å². The van der Waals surface area contributed by atoms with E-state index in [1.807, 2.05) is 13.0 Å². The van der Waals surface area contributed by atoms with Crippen molar-refractivity contribution < 1.29 is 4.74 Å². The maximum absolute atomic E-state index is 5.99. The van der Waals surface area contributed by atoms with Crippen molar-refractivity contribution in [2.75, 3.05) is 12.5 Å². The summed E-state index contributed by atoms with van der Waals surface area (Å²) in [6.07, 6.45) is 7.31. The second kappa shape index (κ2) is 6.69. The number of alkyl halides is 1. The Morgan fingerprint density at radius 3 is 2.81 bits per heavy atom.